The predicted molar refractivity (Wildman–Crippen MR) is 256 cm³/mol. The highest BCUT2D eigenvalue weighted by Gasteiger charge is 2.27. The van der Waals surface area contributed by atoms with Crippen LogP contribution in [-0.4, -0.2) is 114 Å². The van der Waals surface area contributed by atoms with Crippen molar-refractivity contribution in [2.24, 2.45) is 5.73 Å². The highest BCUT2D eigenvalue weighted by atomic mass is 16.3. The number of hydrogen-bond acceptors (Lipinski definition) is 11. The summed E-state index contributed by atoms with van der Waals surface area (Å²) in [5.74, 6) is 1.05. The van der Waals surface area contributed by atoms with Gasteiger partial charge in [-0.25, -0.2) is 0 Å². The van der Waals surface area contributed by atoms with E-state index < -0.39 is 0 Å². The summed E-state index contributed by atoms with van der Waals surface area (Å²) in [5, 5.41) is 59.5. The maximum Gasteiger partial charge on any atom is 0.115 e. The molecule has 5 aromatic carbocycles. The molecule has 11 nitrogen and oxygen atoms in total. The van der Waals surface area contributed by atoms with Crippen molar-refractivity contribution in [1.82, 2.24) is 31.5 Å². The number of phenols is 4. The predicted octanol–water partition coefficient (Wildman–Crippen LogP) is 5.26. The van der Waals surface area contributed by atoms with E-state index in [0.29, 0.717) is 19.1 Å². The Morgan fingerprint density at radius 3 is 1.17 bits per heavy atom. The molecule has 338 valence electrons. The Morgan fingerprint density at radius 1 is 0.476 bits per heavy atom. The van der Waals surface area contributed by atoms with Gasteiger partial charge in [-0.1, -0.05) is 85.8 Å². The third-order valence-corrected chi connectivity index (χ3v) is 12.3. The fourth-order valence-corrected chi connectivity index (χ4v) is 8.84. The van der Waals surface area contributed by atoms with Gasteiger partial charge in [-0.05, 0) is 134 Å². The van der Waals surface area contributed by atoms with E-state index in [1.54, 1.807) is 48.5 Å². The minimum atomic E-state index is 0.0706. The fourth-order valence-electron chi connectivity index (χ4n) is 8.84. The van der Waals surface area contributed by atoms with Crippen LogP contribution in [0.4, 0.5) is 0 Å². The Morgan fingerprint density at radius 2 is 0.810 bits per heavy atom. The van der Waals surface area contributed by atoms with Gasteiger partial charge < -0.3 is 52.7 Å². The average molecular weight is 858 g/mol. The van der Waals surface area contributed by atoms with Gasteiger partial charge in [0, 0.05) is 75.5 Å². The maximum atomic E-state index is 10.1. The number of nitrogens with two attached hydrogens (primary N) is 1. The van der Waals surface area contributed by atoms with Gasteiger partial charge in [0.25, 0.3) is 0 Å². The number of hydrogen-bond donors (Lipinski definition) is 10. The minimum Gasteiger partial charge on any atom is -0.508 e. The Balaban J connectivity index is 1.18. The second-order valence-corrected chi connectivity index (χ2v) is 17.4. The third-order valence-electron chi connectivity index (χ3n) is 12.3. The van der Waals surface area contributed by atoms with Crippen molar-refractivity contribution in [1.29, 1.82) is 0 Å². The number of aromatic hydroxyl groups is 4. The summed E-state index contributed by atoms with van der Waals surface area (Å²) in [5.41, 5.74) is 12.1. The van der Waals surface area contributed by atoms with E-state index in [1.165, 1.54) is 17.5 Å². The molecule has 1 heterocycles. The first-order chi connectivity index (χ1) is 30.7. The SMILES string of the molecule is CCN[C@H](CN[C@H](CN[C@H](CN[C@H](CN[C@@H](Cc1ccc(O)cc1)CN1CCC[C@H]1CN)Cc1ccccc1)Cc1ccc(O)cc1)Cc1ccc(O)cc1)Cc1ccc(O)cc1. The van der Waals surface area contributed by atoms with Crippen LogP contribution in [0.15, 0.2) is 127 Å². The van der Waals surface area contributed by atoms with Gasteiger partial charge >= 0.3 is 0 Å². The number of likely N-dealkylation sites (tertiary alicyclic amines) is 1. The van der Waals surface area contributed by atoms with Crippen LogP contribution < -0.4 is 32.3 Å². The molecule has 11 N–H and O–H groups in total. The molecule has 63 heavy (non-hydrogen) atoms. The lowest BCUT2D eigenvalue weighted by Gasteiger charge is -2.31. The molecule has 11 heteroatoms. The van der Waals surface area contributed by atoms with Crippen LogP contribution in [0.1, 0.15) is 47.6 Å². The lowest BCUT2D eigenvalue weighted by Crippen LogP contribution is -2.53. The lowest BCUT2D eigenvalue weighted by molar-refractivity contribution is 0.224. The molecular weight excluding hydrogens is 787 g/mol. The molecule has 6 rings (SSSR count). The molecule has 0 saturated carbocycles. The van der Waals surface area contributed by atoms with E-state index in [4.69, 9.17) is 5.73 Å². The van der Waals surface area contributed by atoms with Crippen LogP contribution in [0, 0.1) is 0 Å². The first kappa shape index (κ1) is 47.5. The van der Waals surface area contributed by atoms with E-state index in [1.807, 2.05) is 48.5 Å². The standard InChI is InChI=1S/C52H71N7O4/c1-2-54-43(28-39-10-18-49(60)19-11-39)33-55-45(29-40-12-20-50(61)21-13-40)34-57-46(30-41-14-22-51(62)23-15-41)35-56-44(27-38-7-4-3-5-8-38)36-58-47(31-42-16-24-52(63)25-17-42)37-59-26-6-9-48(59)32-53/h3-5,7-8,10-25,43-48,54-58,60-63H,2,6,9,26-37,53H2,1H3/t43-,44-,45-,46-,47-,48-/m0/s1. The maximum absolute atomic E-state index is 10.1. The van der Waals surface area contributed by atoms with Gasteiger partial charge in [-0.15, -0.1) is 0 Å². The summed E-state index contributed by atoms with van der Waals surface area (Å²) >= 11 is 0. The van der Waals surface area contributed by atoms with Crippen molar-refractivity contribution in [2.75, 3.05) is 52.4 Å². The van der Waals surface area contributed by atoms with Crippen LogP contribution in [-0.2, 0) is 32.1 Å². The summed E-state index contributed by atoms with van der Waals surface area (Å²) in [6.45, 7) is 8.54. The van der Waals surface area contributed by atoms with E-state index >= 15 is 0 Å². The number of nitrogens with zero attached hydrogens (tertiary/aromatic N) is 1. The topological polar surface area (TPSA) is 170 Å². The van der Waals surface area contributed by atoms with Crippen molar-refractivity contribution >= 4 is 0 Å². The van der Waals surface area contributed by atoms with Crippen LogP contribution in [0.2, 0.25) is 0 Å². The molecule has 1 fully saturated rings. The lowest BCUT2D eigenvalue weighted by atomic mass is 10.0. The largest absolute Gasteiger partial charge is 0.508 e. The second-order valence-electron chi connectivity index (χ2n) is 17.4. The normalized spacial score (nSPS) is 16.7. The molecule has 1 aliphatic heterocycles. The Kier molecular flexibility index (Phi) is 19.1. The average Bonchev–Trinajstić information content (AvgIpc) is 3.75. The second kappa shape index (κ2) is 25.3. The van der Waals surface area contributed by atoms with Gasteiger partial charge in [0.1, 0.15) is 23.0 Å². The van der Waals surface area contributed by atoms with Gasteiger partial charge in [0.15, 0.2) is 0 Å². The number of phenolic OH excluding ortho intramolecular Hbond substituents is 4. The van der Waals surface area contributed by atoms with Gasteiger partial charge in [-0.2, -0.15) is 0 Å². The highest BCUT2D eigenvalue weighted by molar-refractivity contribution is 5.29. The summed E-state index contributed by atoms with van der Waals surface area (Å²) in [6.07, 6.45) is 6.38. The zero-order chi connectivity index (χ0) is 44.2. The van der Waals surface area contributed by atoms with E-state index in [2.05, 4.69) is 68.7 Å². The van der Waals surface area contributed by atoms with E-state index in [9.17, 15) is 20.4 Å². The van der Waals surface area contributed by atoms with Crippen LogP contribution >= 0.6 is 0 Å². The molecule has 1 saturated heterocycles. The molecule has 5 aromatic rings. The molecule has 0 aliphatic carbocycles. The minimum absolute atomic E-state index is 0.0706. The number of benzene rings is 5. The fraction of sp³-hybridized carbons (Fsp3) is 0.423. The molecule has 0 spiro atoms. The van der Waals surface area contributed by atoms with Crippen LogP contribution in [0.25, 0.3) is 0 Å². The van der Waals surface area contributed by atoms with Gasteiger partial charge in [-0.3, -0.25) is 4.90 Å². The molecule has 0 amide bonds. The number of rotatable bonds is 27. The van der Waals surface area contributed by atoms with Crippen molar-refractivity contribution < 1.29 is 20.4 Å². The molecule has 0 radical (unpaired) electrons. The van der Waals surface area contributed by atoms with E-state index in [0.717, 1.165) is 94.5 Å². The third kappa shape index (κ3) is 16.6. The molecule has 0 unspecified atom stereocenters. The van der Waals surface area contributed by atoms with Crippen molar-refractivity contribution in [3.63, 3.8) is 0 Å². The summed E-state index contributed by atoms with van der Waals surface area (Å²) in [6, 6.07) is 41.8. The summed E-state index contributed by atoms with van der Waals surface area (Å²) in [4.78, 5) is 2.55. The first-order valence-corrected chi connectivity index (χ1v) is 23.0. The smallest absolute Gasteiger partial charge is 0.115 e. The first-order valence-electron chi connectivity index (χ1n) is 23.0. The molecule has 1 aliphatic rings. The van der Waals surface area contributed by atoms with Gasteiger partial charge in [0.05, 0.1) is 0 Å². The zero-order valence-corrected chi connectivity index (χ0v) is 37.0. The quantitative estimate of drug-likeness (QED) is 0.0335. The molecular formula is C52H71N7O4. The Hall–Kier alpha value is -4.98. The highest BCUT2D eigenvalue weighted by Crippen LogP contribution is 2.19. The Bertz CT molecular complexity index is 2000. The monoisotopic (exact) mass is 858 g/mol. The Labute approximate surface area is 375 Å². The van der Waals surface area contributed by atoms with Crippen molar-refractivity contribution in [3.05, 3.63) is 155 Å². The van der Waals surface area contributed by atoms with Crippen LogP contribution in [0.5, 0.6) is 23.0 Å². The summed E-state index contributed by atoms with van der Waals surface area (Å²) in [7, 11) is 0. The molecule has 0 bridgehead atoms. The zero-order valence-electron chi connectivity index (χ0n) is 37.0. The van der Waals surface area contributed by atoms with Crippen LogP contribution in [0.3, 0.4) is 0 Å². The van der Waals surface area contributed by atoms with Crippen molar-refractivity contribution in [2.45, 2.75) is 88.1 Å². The number of nitrogens with one attached hydrogen (secondary N) is 5. The molecule has 6 atom stereocenters. The summed E-state index contributed by atoms with van der Waals surface area (Å²) < 4.78 is 0. The molecule has 0 aromatic heterocycles. The van der Waals surface area contributed by atoms with Crippen molar-refractivity contribution in [3.8, 4) is 23.0 Å². The number of likely N-dealkylation sites (N-methyl/N-ethyl adjacent to an activating group) is 1. The van der Waals surface area contributed by atoms with E-state index in [-0.39, 0.29) is 53.2 Å². The van der Waals surface area contributed by atoms with Gasteiger partial charge in [0.2, 0.25) is 0 Å².